The summed E-state index contributed by atoms with van der Waals surface area (Å²) in [7, 11) is 0. The van der Waals surface area contributed by atoms with Crippen LogP contribution < -0.4 is 0 Å². The van der Waals surface area contributed by atoms with Gasteiger partial charge in [0, 0.05) is 13.3 Å². The summed E-state index contributed by atoms with van der Waals surface area (Å²) in [5, 5.41) is 0. The minimum atomic E-state index is -0.253. The van der Waals surface area contributed by atoms with E-state index in [-0.39, 0.29) is 5.97 Å². The van der Waals surface area contributed by atoms with Crippen LogP contribution in [0.2, 0.25) is 0 Å². The van der Waals surface area contributed by atoms with Gasteiger partial charge in [0.2, 0.25) is 0 Å². The largest absolute Gasteiger partial charge is 0.431 e. The number of unbranched alkanes of at least 4 members (excludes halogenated alkanes) is 1. The molecule has 0 fully saturated rings. The number of carbonyl (C=O) groups is 1. The normalized spacial score (nSPS) is 12.1. The van der Waals surface area contributed by atoms with Crippen LogP contribution in [-0.4, -0.2) is 5.97 Å². The molecule has 0 aromatic carbocycles. The van der Waals surface area contributed by atoms with Crippen LogP contribution in [0.3, 0.4) is 0 Å². The van der Waals surface area contributed by atoms with Gasteiger partial charge in [0.05, 0.1) is 0 Å². The van der Waals surface area contributed by atoms with Crippen LogP contribution in [-0.2, 0) is 9.53 Å². The average Bonchev–Trinajstić information content (AvgIpc) is 2.09. The predicted octanol–water partition coefficient (Wildman–Crippen LogP) is 3.20. The van der Waals surface area contributed by atoms with Gasteiger partial charge in [-0.05, 0) is 12.5 Å². The molecule has 0 rings (SSSR count). The quantitative estimate of drug-likeness (QED) is 0.371. The second kappa shape index (κ2) is 7.59. The van der Waals surface area contributed by atoms with Crippen molar-refractivity contribution in [2.75, 3.05) is 0 Å². The highest BCUT2D eigenvalue weighted by molar-refractivity contribution is 5.67. The smallest absolute Gasteiger partial charge is 0.307 e. The number of esters is 1. The van der Waals surface area contributed by atoms with Crippen molar-refractivity contribution in [3.63, 3.8) is 0 Å². The summed E-state index contributed by atoms with van der Waals surface area (Å²) in [6.45, 7) is 5.50. The second-order valence-corrected chi connectivity index (χ2v) is 2.80. The molecule has 2 nitrogen and oxygen atoms in total. The minimum Gasteiger partial charge on any atom is -0.431 e. The molecule has 74 valence electrons. The van der Waals surface area contributed by atoms with Gasteiger partial charge in [-0.15, -0.1) is 0 Å². The Hall–Kier alpha value is -1.05. The topological polar surface area (TPSA) is 26.3 Å². The van der Waals surface area contributed by atoms with Crippen molar-refractivity contribution in [1.82, 2.24) is 0 Å². The van der Waals surface area contributed by atoms with Crippen molar-refractivity contribution in [1.29, 1.82) is 0 Å². The third-order valence-corrected chi connectivity index (χ3v) is 1.50. The molecule has 0 aromatic heterocycles. The first-order chi connectivity index (χ1) is 6.20. The fourth-order valence-electron chi connectivity index (χ4n) is 0.847. The fraction of sp³-hybridized carbons (Fsp3) is 0.545. The van der Waals surface area contributed by atoms with E-state index < -0.39 is 0 Å². The summed E-state index contributed by atoms with van der Waals surface area (Å²) >= 11 is 0. The number of carbonyl (C=O) groups excluding carboxylic acids is 1. The third kappa shape index (κ3) is 7.32. The number of hydrogen-bond donors (Lipinski definition) is 0. The zero-order valence-electron chi connectivity index (χ0n) is 8.67. The van der Waals surface area contributed by atoms with Crippen LogP contribution in [0.5, 0.6) is 0 Å². The molecule has 2 heteroatoms. The van der Waals surface area contributed by atoms with Gasteiger partial charge in [0.1, 0.15) is 5.76 Å². The molecular formula is C11H18O2. The Morgan fingerprint density at radius 2 is 2.08 bits per heavy atom. The molecule has 0 spiro atoms. The fourth-order valence-corrected chi connectivity index (χ4v) is 0.847. The monoisotopic (exact) mass is 182 g/mol. The van der Waals surface area contributed by atoms with E-state index in [0.717, 1.165) is 25.0 Å². The van der Waals surface area contributed by atoms with E-state index in [0.29, 0.717) is 0 Å². The average molecular weight is 182 g/mol. The highest BCUT2D eigenvalue weighted by Crippen LogP contribution is 2.03. The van der Waals surface area contributed by atoms with Gasteiger partial charge < -0.3 is 4.74 Å². The maximum atomic E-state index is 10.6. The number of rotatable bonds is 5. The summed E-state index contributed by atoms with van der Waals surface area (Å²) in [6, 6.07) is 0. The van der Waals surface area contributed by atoms with Crippen LogP contribution in [0.1, 0.15) is 40.0 Å². The van der Waals surface area contributed by atoms with Gasteiger partial charge >= 0.3 is 5.97 Å². The molecule has 0 aromatic rings. The van der Waals surface area contributed by atoms with Crippen LogP contribution in [0.15, 0.2) is 24.0 Å². The van der Waals surface area contributed by atoms with Crippen LogP contribution in [0, 0.1) is 0 Å². The van der Waals surface area contributed by atoms with Crippen molar-refractivity contribution in [2.45, 2.75) is 40.0 Å². The first kappa shape index (κ1) is 11.9. The van der Waals surface area contributed by atoms with E-state index in [1.165, 1.54) is 6.92 Å². The Kier molecular flexibility index (Phi) is 6.98. The molecule has 0 amide bonds. The standard InChI is InChI=1S/C11H18O2/c1-4-6-7-8-9-11(5-2)13-10(3)12/h7-9H,4-6H2,1-3H3. The summed E-state index contributed by atoms with van der Waals surface area (Å²) < 4.78 is 4.95. The molecule has 0 aliphatic heterocycles. The van der Waals surface area contributed by atoms with Gasteiger partial charge in [-0.25, -0.2) is 0 Å². The molecule has 0 unspecified atom stereocenters. The lowest BCUT2D eigenvalue weighted by atomic mass is 10.3. The first-order valence-corrected chi connectivity index (χ1v) is 4.74. The van der Waals surface area contributed by atoms with Crippen molar-refractivity contribution in [3.05, 3.63) is 24.0 Å². The maximum Gasteiger partial charge on any atom is 0.307 e. The number of hydrogen-bond acceptors (Lipinski definition) is 2. The van der Waals surface area contributed by atoms with E-state index in [9.17, 15) is 4.79 Å². The SMILES string of the molecule is CCCC=CC=C(CC)OC(C)=O. The Balaban J connectivity index is 3.98. The van der Waals surface area contributed by atoms with E-state index in [2.05, 4.69) is 13.0 Å². The molecule has 0 aliphatic rings. The highest BCUT2D eigenvalue weighted by Gasteiger charge is 1.96. The number of ether oxygens (including phenoxy) is 1. The zero-order chi connectivity index (χ0) is 10.1. The van der Waals surface area contributed by atoms with Crippen molar-refractivity contribution in [3.8, 4) is 0 Å². The maximum absolute atomic E-state index is 10.6. The summed E-state index contributed by atoms with van der Waals surface area (Å²) in [6.07, 6.45) is 8.80. The lowest BCUT2D eigenvalue weighted by Gasteiger charge is -2.01. The first-order valence-electron chi connectivity index (χ1n) is 4.74. The molecule has 0 saturated heterocycles. The van der Waals surface area contributed by atoms with Gasteiger partial charge in [-0.1, -0.05) is 32.4 Å². The molecule has 0 N–H and O–H groups in total. The van der Waals surface area contributed by atoms with E-state index in [1.807, 2.05) is 19.1 Å². The lowest BCUT2D eigenvalue weighted by Crippen LogP contribution is -1.97. The second-order valence-electron chi connectivity index (χ2n) is 2.80. The molecule has 0 atom stereocenters. The molecule has 0 saturated carbocycles. The summed E-state index contributed by atoms with van der Waals surface area (Å²) in [4.78, 5) is 10.6. The minimum absolute atomic E-state index is 0.253. The molecule has 0 aliphatic carbocycles. The van der Waals surface area contributed by atoms with E-state index in [1.54, 1.807) is 0 Å². The zero-order valence-corrected chi connectivity index (χ0v) is 8.67. The van der Waals surface area contributed by atoms with Gasteiger partial charge in [-0.2, -0.15) is 0 Å². The van der Waals surface area contributed by atoms with Gasteiger partial charge in [-0.3, -0.25) is 4.79 Å². The van der Waals surface area contributed by atoms with Crippen molar-refractivity contribution < 1.29 is 9.53 Å². The Bertz CT molecular complexity index is 202. The molecule has 0 radical (unpaired) electrons. The van der Waals surface area contributed by atoms with Crippen LogP contribution in [0.25, 0.3) is 0 Å². The Labute approximate surface area is 80.3 Å². The predicted molar refractivity (Wildman–Crippen MR) is 54.2 cm³/mol. The van der Waals surface area contributed by atoms with Crippen LogP contribution >= 0.6 is 0 Å². The highest BCUT2D eigenvalue weighted by atomic mass is 16.5. The van der Waals surface area contributed by atoms with Gasteiger partial charge in [0.15, 0.2) is 0 Å². The van der Waals surface area contributed by atoms with Crippen molar-refractivity contribution >= 4 is 5.97 Å². The van der Waals surface area contributed by atoms with E-state index >= 15 is 0 Å². The molecule has 0 bridgehead atoms. The van der Waals surface area contributed by atoms with Crippen molar-refractivity contribution in [2.24, 2.45) is 0 Å². The molecule has 0 heterocycles. The van der Waals surface area contributed by atoms with Crippen LogP contribution in [0.4, 0.5) is 0 Å². The van der Waals surface area contributed by atoms with E-state index in [4.69, 9.17) is 4.74 Å². The molecule has 13 heavy (non-hydrogen) atoms. The lowest BCUT2D eigenvalue weighted by molar-refractivity contribution is -0.137. The number of allylic oxidation sites excluding steroid dienone is 4. The molecular weight excluding hydrogens is 164 g/mol. The summed E-state index contributed by atoms with van der Waals surface area (Å²) in [5.74, 6) is 0.469. The Morgan fingerprint density at radius 3 is 2.54 bits per heavy atom. The van der Waals surface area contributed by atoms with Gasteiger partial charge in [0.25, 0.3) is 0 Å². The summed E-state index contributed by atoms with van der Waals surface area (Å²) in [5.41, 5.74) is 0. The third-order valence-electron chi connectivity index (χ3n) is 1.50. The Morgan fingerprint density at radius 1 is 1.38 bits per heavy atom.